The van der Waals surface area contributed by atoms with Crippen LogP contribution in [0.15, 0.2) is 60.8 Å². The van der Waals surface area contributed by atoms with Gasteiger partial charge < -0.3 is 20.3 Å². The van der Waals surface area contributed by atoms with E-state index in [2.05, 4.69) is 86.8 Å². The number of unbranched alkanes of at least 4 members (excludes halogenated alkanes) is 25. The van der Waals surface area contributed by atoms with Crippen LogP contribution in [-0.2, 0) is 14.3 Å². The molecule has 6 nitrogen and oxygen atoms in total. The number of nitrogens with one attached hydrogen (secondary N) is 1. The molecule has 0 aliphatic rings. The molecule has 0 aliphatic heterocycles. The van der Waals surface area contributed by atoms with Crippen molar-refractivity contribution in [2.75, 3.05) is 6.61 Å². The molecule has 3 N–H and O–H groups in total. The minimum Gasteiger partial charge on any atom is -0.462 e. The number of carbonyl (C=O) groups is 2. The molecule has 0 heterocycles. The topological polar surface area (TPSA) is 95.9 Å². The maximum atomic E-state index is 13.2. The molecule has 0 rings (SSSR count). The summed E-state index contributed by atoms with van der Waals surface area (Å²) in [5.41, 5.74) is 0. The van der Waals surface area contributed by atoms with Crippen LogP contribution in [0.4, 0.5) is 0 Å². The van der Waals surface area contributed by atoms with Gasteiger partial charge in [-0.3, -0.25) is 9.59 Å². The lowest BCUT2D eigenvalue weighted by molar-refractivity contribution is -0.151. The smallest absolute Gasteiger partial charge is 0.306 e. The zero-order valence-corrected chi connectivity index (χ0v) is 40.3. The molecule has 0 radical (unpaired) electrons. The molecule has 3 atom stereocenters. The molecule has 6 heteroatoms. The molecular weight excluding hydrogens is 755 g/mol. The number of hydrogen-bond acceptors (Lipinski definition) is 5. The maximum absolute atomic E-state index is 13.2. The number of carbonyl (C=O) groups excluding carboxylic acids is 2. The van der Waals surface area contributed by atoms with Crippen LogP contribution in [0.3, 0.4) is 0 Å². The van der Waals surface area contributed by atoms with Crippen molar-refractivity contribution in [1.29, 1.82) is 0 Å². The van der Waals surface area contributed by atoms with Crippen LogP contribution in [0.25, 0.3) is 0 Å². The monoisotopic (exact) mass is 854 g/mol. The standard InChI is InChI=1S/C55H99NO5/c1-4-7-10-13-16-19-22-25-27-29-32-35-38-41-44-47-53(58)52(50-57)56-54(59)49-51(46-43-40-37-34-31-24-21-18-15-12-9-6-3)61-55(60)48-45-42-39-36-33-30-28-26-23-20-17-14-11-8-5-2/h9,12,17-18,20-21,23,26,31,34,51-53,57-58H,4-8,10-11,13-16,19,22,24-25,27-30,32-33,35-50H2,1-3H3,(H,56,59)/b12-9+,20-17+,21-18+,26-23+,34-31+. The zero-order valence-electron chi connectivity index (χ0n) is 40.3. The molecule has 61 heavy (non-hydrogen) atoms. The molecule has 0 aromatic rings. The summed E-state index contributed by atoms with van der Waals surface area (Å²) in [6.07, 6.45) is 59.9. The summed E-state index contributed by atoms with van der Waals surface area (Å²) in [6.45, 7) is 6.33. The SMILES string of the molecule is CC/C=C/C/C=C/C/C=C/CCCCC(CC(=O)NC(CO)C(O)CCCCCCCCCCCCCCCCC)OC(=O)CCCCCCCC/C=C/C=C/CCCCC. The lowest BCUT2D eigenvalue weighted by atomic mass is 10.0. The summed E-state index contributed by atoms with van der Waals surface area (Å²) in [5, 5.41) is 23.8. The van der Waals surface area contributed by atoms with Gasteiger partial charge in [0.2, 0.25) is 5.91 Å². The first kappa shape index (κ1) is 58.6. The van der Waals surface area contributed by atoms with Crippen molar-refractivity contribution in [2.45, 2.75) is 270 Å². The van der Waals surface area contributed by atoms with E-state index in [0.29, 0.717) is 19.3 Å². The molecule has 0 aromatic carbocycles. The van der Waals surface area contributed by atoms with Crippen LogP contribution < -0.4 is 5.32 Å². The molecule has 354 valence electrons. The molecule has 0 spiro atoms. The van der Waals surface area contributed by atoms with E-state index in [1.165, 1.54) is 122 Å². The van der Waals surface area contributed by atoms with Crippen LogP contribution >= 0.6 is 0 Å². The Hall–Kier alpha value is -2.44. The number of aliphatic hydroxyl groups excluding tert-OH is 2. The minimum absolute atomic E-state index is 0.0458. The molecule has 3 unspecified atom stereocenters. The van der Waals surface area contributed by atoms with Gasteiger partial charge in [-0.15, -0.1) is 0 Å². The van der Waals surface area contributed by atoms with Gasteiger partial charge in [-0.25, -0.2) is 0 Å². The first-order valence-corrected chi connectivity index (χ1v) is 26.0. The fourth-order valence-corrected chi connectivity index (χ4v) is 7.67. The normalized spacial score (nSPS) is 13.7. The van der Waals surface area contributed by atoms with Crippen molar-refractivity contribution in [3.8, 4) is 0 Å². The first-order valence-electron chi connectivity index (χ1n) is 26.0. The predicted molar refractivity (Wildman–Crippen MR) is 264 cm³/mol. The van der Waals surface area contributed by atoms with Crippen molar-refractivity contribution in [3.63, 3.8) is 0 Å². The third kappa shape index (κ3) is 44.0. The summed E-state index contributed by atoms with van der Waals surface area (Å²) in [4.78, 5) is 26.1. The van der Waals surface area contributed by atoms with Crippen molar-refractivity contribution < 1.29 is 24.5 Å². The van der Waals surface area contributed by atoms with E-state index in [1.54, 1.807) is 0 Å². The maximum Gasteiger partial charge on any atom is 0.306 e. The van der Waals surface area contributed by atoms with Crippen molar-refractivity contribution in [3.05, 3.63) is 60.8 Å². The highest BCUT2D eigenvalue weighted by atomic mass is 16.5. The zero-order chi connectivity index (χ0) is 44.5. The van der Waals surface area contributed by atoms with E-state index in [4.69, 9.17) is 4.74 Å². The number of amides is 1. The first-order chi connectivity index (χ1) is 30.0. The Labute approximate surface area is 378 Å². The van der Waals surface area contributed by atoms with E-state index in [-0.39, 0.29) is 24.9 Å². The molecular formula is C55H99NO5. The quantitative estimate of drug-likeness (QED) is 0.0245. The Morgan fingerprint density at radius 1 is 0.508 bits per heavy atom. The molecule has 0 aliphatic carbocycles. The van der Waals surface area contributed by atoms with Gasteiger partial charge in [0.1, 0.15) is 6.10 Å². The second-order valence-electron chi connectivity index (χ2n) is 17.6. The van der Waals surface area contributed by atoms with E-state index in [9.17, 15) is 19.8 Å². The fraction of sp³-hybridized carbons (Fsp3) is 0.782. The van der Waals surface area contributed by atoms with Gasteiger partial charge in [0.25, 0.3) is 0 Å². The van der Waals surface area contributed by atoms with Crippen LogP contribution in [0.1, 0.15) is 252 Å². The van der Waals surface area contributed by atoms with E-state index in [0.717, 1.165) is 83.5 Å². The second-order valence-corrected chi connectivity index (χ2v) is 17.6. The Bertz CT molecular complexity index is 1090. The highest BCUT2D eigenvalue weighted by molar-refractivity contribution is 5.77. The summed E-state index contributed by atoms with van der Waals surface area (Å²) in [7, 11) is 0. The summed E-state index contributed by atoms with van der Waals surface area (Å²) in [6, 6.07) is -0.717. The minimum atomic E-state index is -0.801. The highest BCUT2D eigenvalue weighted by Gasteiger charge is 2.24. The number of ether oxygens (including phenoxy) is 1. The highest BCUT2D eigenvalue weighted by Crippen LogP contribution is 2.17. The van der Waals surface area contributed by atoms with Gasteiger partial charge in [-0.1, -0.05) is 216 Å². The molecule has 0 aromatic heterocycles. The molecule has 1 amide bonds. The molecule has 0 saturated heterocycles. The average Bonchev–Trinajstić information content (AvgIpc) is 3.25. The van der Waals surface area contributed by atoms with Gasteiger partial charge in [0.05, 0.1) is 25.2 Å². The van der Waals surface area contributed by atoms with Crippen LogP contribution in [0.2, 0.25) is 0 Å². The van der Waals surface area contributed by atoms with Crippen LogP contribution in [0, 0.1) is 0 Å². The number of esters is 1. The summed E-state index contributed by atoms with van der Waals surface area (Å²) < 4.78 is 5.91. The van der Waals surface area contributed by atoms with E-state index >= 15 is 0 Å². The predicted octanol–water partition coefficient (Wildman–Crippen LogP) is 15.6. The van der Waals surface area contributed by atoms with Gasteiger partial charge in [0, 0.05) is 6.42 Å². The third-order valence-corrected chi connectivity index (χ3v) is 11.6. The Balaban J connectivity index is 4.59. The van der Waals surface area contributed by atoms with Crippen molar-refractivity contribution in [2.24, 2.45) is 0 Å². The number of allylic oxidation sites excluding steroid dienone is 10. The summed E-state index contributed by atoms with van der Waals surface area (Å²) in [5.74, 6) is -0.524. The Kier molecular flexibility index (Phi) is 46.6. The molecule has 0 saturated carbocycles. The van der Waals surface area contributed by atoms with Gasteiger partial charge in [-0.05, 0) is 83.5 Å². The van der Waals surface area contributed by atoms with E-state index < -0.39 is 18.2 Å². The second kappa shape index (κ2) is 48.6. The Morgan fingerprint density at radius 2 is 0.934 bits per heavy atom. The van der Waals surface area contributed by atoms with Crippen molar-refractivity contribution >= 4 is 11.9 Å². The lowest BCUT2D eigenvalue weighted by Crippen LogP contribution is -2.46. The Morgan fingerprint density at radius 3 is 1.49 bits per heavy atom. The third-order valence-electron chi connectivity index (χ3n) is 11.6. The number of aliphatic hydroxyl groups is 2. The van der Waals surface area contributed by atoms with Gasteiger partial charge in [-0.2, -0.15) is 0 Å². The number of hydrogen-bond donors (Lipinski definition) is 3. The van der Waals surface area contributed by atoms with Crippen LogP contribution in [-0.4, -0.2) is 46.9 Å². The lowest BCUT2D eigenvalue weighted by Gasteiger charge is -2.24. The summed E-state index contributed by atoms with van der Waals surface area (Å²) >= 11 is 0. The van der Waals surface area contributed by atoms with Gasteiger partial charge >= 0.3 is 5.97 Å². The molecule has 0 fully saturated rings. The van der Waals surface area contributed by atoms with Gasteiger partial charge in [0.15, 0.2) is 0 Å². The number of rotatable bonds is 46. The van der Waals surface area contributed by atoms with Crippen molar-refractivity contribution in [1.82, 2.24) is 5.32 Å². The average molecular weight is 854 g/mol. The fourth-order valence-electron chi connectivity index (χ4n) is 7.67. The van der Waals surface area contributed by atoms with E-state index in [1.807, 2.05) is 0 Å². The van der Waals surface area contributed by atoms with Crippen LogP contribution in [0.5, 0.6) is 0 Å². The largest absolute Gasteiger partial charge is 0.462 e. The molecule has 0 bridgehead atoms.